The monoisotopic (exact) mass is 602 g/mol. The lowest BCUT2D eigenvalue weighted by molar-refractivity contribution is -0.136. The van der Waals surface area contributed by atoms with Gasteiger partial charge in [0.05, 0.1) is 47.8 Å². The molecule has 12 heteroatoms. The highest BCUT2D eigenvalue weighted by Crippen LogP contribution is 2.59. The third-order valence-corrected chi connectivity index (χ3v) is 9.00. The highest BCUT2D eigenvalue weighted by Gasteiger charge is 2.74. The molecule has 0 spiro atoms. The standard InChI is InChI=1S/C30H20Cl2N4O6/c31-15-5-1-7-17(13-15)33-27(37)21-23(19-9-3-11-41-19)36-26-22(24(20-10-4-12-42-20)35(36)25(21)29(33)39)28(38)34(30(26)40)18-8-2-6-16(32)14-18/h1-14,21-26H/t21-,22-,23-,24+,25+,26+/m0/s1. The van der Waals surface area contributed by atoms with Crippen molar-refractivity contribution in [3.63, 3.8) is 0 Å². The lowest BCUT2D eigenvalue weighted by Gasteiger charge is -2.34. The first-order valence-electron chi connectivity index (χ1n) is 13.3. The predicted molar refractivity (Wildman–Crippen MR) is 149 cm³/mol. The van der Waals surface area contributed by atoms with E-state index < -0.39 is 59.6 Å². The van der Waals surface area contributed by atoms with Crippen LogP contribution in [0.3, 0.4) is 0 Å². The summed E-state index contributed by atoms with van der Waals surface area (Å²) in [5, 5.41) is 4.13. The van der Waals surface area contributed by atoms with Crippen LogP contribution in [0.1, 0.15) is 23.6 Å². The summed E-state index contributed by atoms with van der Waals surface area (Å²) in [4.78, 5) is 59.0. The quantitative estimate of drug-likeness (QED) is 0.311. The zero-order valence-electron chi connectivity index (χ0n) is 21.5. The van der Waals surface area contributed by atoms with Crippen LogP contribution in [0.2, 0.25) is 10.0 Å². The van der Waals surface area contributed by atoms with Gasteiger partial charge in [-0.05, 0) is 60.7 Å². The Morgan fingerprint density at radius 1 is 0.524 bits per heavy atom. The molecule has 0 N–H and O–H groups in total. The van der Waals surface area contributed by atoms with E-state index in [0.717, 1.165) is 9.80 Å². The molecule has 4 aliphatic rings. The van der Waals surface area contributed by atoms with E-state index in [9.17, 15) is 19.2 Å². The smallest absolute Gasteiger partial charge is 0.253 e. The van der Waals surface area contributed by atoms with Gasteiger partial charge in [-0.2, -0.15) is 0 Å². The van der Waals surface area contributed by atoms with Crippen molar-refractivity contribution in [2.45, 2.75) is 24.2 Å². The Bertz CT molecular complexity index is 1650. The van der Waals surface area contributed by atoms with Gasteiger partial charge in [-0.1, -0.05) is 35.3 Å². The molecular formula is C30H20Cl2N4O6. The molecule has 4 aromatic rings. The fourth-order valence-corrected chi connectivity index (χ4v) is 7.42. The lowest BCUT2D eigenvalue weighted by Crippen LogP contribution is -2.50. The summed E-state index contributed by atoms with van der Waals surface area (Å²) in [6.07, 6.45) is 2.95. The molecule has 0 unspecified atom stereocenters. The Morgan fingerprint density at radius 2 is 0.952 bits per heavy atom. The minimum Gasteiger partial charge on any atom is -0.468 e. The summed E-state index contributed by atoms with van der Waals surface area (Å²) in [6, 6.07) is 16.0. The Hall–Kier alpha value is -4.22. The number of hydrazine groups is 1. The van der Waals surface area contributed by atoms with Crippen molar-refractivity contribution >= 4 is 58.2 Å². The second kappa shape index (κ2) is 9.14. The highest BCUT2D eigenvalue weighted by atomic mass is 35.5. The zero-order valence-corrected chi connectivity index (χ0v) is 23.1. The number of carbonyl (C=O) groups is 4. The Labute approximate surface area is 248 Å². The molecule has 4 aliphatic heterocycles. The van der Waals surface area contributed by atoms with Gasteiger partial charge < -0.3 is 8.83 Å². The Morgan fingerprint density at radius 3 is 1.31 bits per heavy atom. The lowest BCUT2D eigenvalue weighted by atomic mass is 9.87. The van der Waals surface area contributed by atoms with Crippen LogP contribution in [0, 0.1) is 11.8 Å². The predicted octanol–water partition coefficient (Wildman–Crippen LogP) is 4.62. The first-order valence-corrected chi connectivity index (χ1v) is 14.0. The number of imide groups is 2. The number of carbonyl (C=O) groups excluding carboxylic acids is 4. The van der Waals surface area contributed by atoms with E-state index in [-0.39, 0.29) is 0 Å². The number of furan rings is 2. The van der Waals surface area contributed by atoms with Gasteiger partial charge in [0, 0.05) is 10.0 Å². The van der Waals surface area contributed by atoms with Crippen LogP contribution in [-0.4, -0.2) is 45.7 Å². The van der Waals surface area contributed by atoms with Gasteiger partial charge in [-0.15, -0.1) is 0 Å². The fraction of sp³-hybridized carbons (Fsp3) is 0.200. The number of halogens is 2. The third kappa shape index (κ3) is 3.34. The van der Waals surface area contributed by atoms with Crippen LogP contribution in [0.4, 0.5) is 11.4 Å². The van der Waals surface area contributed by atoms with Crippen LogP contribution in [-0.2, 0) is 19.2 Å². The maximum atomic E-state index is 14.2. The molecule has 4 fully saturated rings. The molecule has 210 valence electrons. The third-order valence-electron chi connectivity index (χ3n) is 8.53. The molecule has 8 rings (SSSR count). The molecular weight excluding hydrogens is 583 g/mol. The van der Waals surface area contributed by atoms with Crippen LogP contribution in [0.5, 0.6) is 0 Å². The summed E-state index contributed by atoms with van der Waals surface area (Å²) >= 11 is 12.4. The Kier molecular flexibility index (Phi) is 5.55. The number of fused-ring (bicyclic) bond motifs is 5. The van der Waals surface area contributed by atoms with Crippen LogP contribution >= 0.6 is 23.2 Å². The summed E-state index contributed by atoms with van der Waals surface area (Å²) in [5.41, 5.74) is 0.676. The van der Waals surface area contributed by atoms with Gasteiger partial charge >= 0.3 is 0 Å². The maximum absolute atomic E-state index is 14.2. The molecule has 0 bridgehead atoms. The molecule has 4 saturated heterocycles. The molecule has 0 aliphatic carbocycles. The number of rotatable bonds is 4. The van der Waals surface area contributed by atoms with Crippen molar-refractivity contribution in [3.05, 3.63) is 107 Å². The molecule has 10 nitrogen and oxygen atoms in total. The first kappa shape index (κ1) is 25.5. The Balaban J connectivity index is 1.31. The van der Waals surface area contributed by atoms with Gasteiger partial charge in [-0.25, -0.2) is 19.8 Å². The van der Waals surface area contributed by atoms with Crippen molar-refractivity contribution in [2.75, 3.05) is 9.80 Å². The minimum atomic E-state index is -1.03. The fourth-order valence-electron chi connectivity index (χ4n) is 7.05. The first-order chi connectivity index (χ1) is 20.4. The number of nitrogens with zero attached hydrogens (tertiary/aromatic N) is 4. The average molecular weight is 603 g/mol. The number of benzene rings is 2. The van der Waals surface area contributed by atoms with E-state index in [1.807, 2.05) is 0 Å². The van der Waals surface area contributed by atoms with Gasteiger partial charge in [0.2, 0.25) is 11.8 Å². The van der Waals surface area contributed by atoms with Crippen LogP contribution in [0.15, 0.2) is 94.2 Å². The molecule has 6 heterocycles. The van der Waals surface area contributed by atoms with Crippen molar-refractivity contribution in [2.24, 2.45) is 11.8 Å². The van der Waals surface area contributed by atoms with E-state index in [4.69, 9.17) is 32.0 Å². The molecule has 4 amide bonds. The molecule has 42 heavy (non-hydrogen) atoms. The van der Waals surface area contributed by atoms with Crippen LogP contribution in [0.25, 0.3) is 0 Å². The van der Waals surface area contributed by atoms with E-state index in [1.54, 1.807) is 82.8 Å². The SMILES string of the molecule is O=C1[C@@H]2[C@H](C(=O)N1c1cccc(Cl)c1)N1[C@H](c3ccco3)[C@@H]3C(=O)N(c4cccc(Cl)c4)C(=O)[C@@H]3N1[C@H]2c1ccco1. The summed E-state index contributed by atoms with van der Waals surface area (Å²) < 4.78 is 11.6. The number of amides is 4. The van der Waals surface area contributed by atoms with Gasteiger partial charge in [0.15, 0.2) is 0 Å². The topological polar surface area (TPSA) is 108 Å². The summed E-state index contributed by atoms with van der Waals surface area (Å²) in [5.74, 6) is -3.00. The van der Waals surface area contributed by atoms with Crippen LogP contribution < -0.4 is 9.80 Å². The van der Waals surface area contributed by atoms with E-state index in [1.165, 1.54) is 12.5 Å². The zero-order chi connectivity index (χ0) is 28.9. The van der Waals surface area contributed by atoms with E-state index in [2.05, 4.69) is 0 Å². The molecule has 6 atom stereocenters. The van der Waals surface area contributed by atoms with Crippen molar-refractivity contribution < 1.29 is 28.0 Å². The summed E-state index contributed by atoms with van der Waals surface area (Å²) in [7, 11) is 0. The maximum Gasteiger partial charge on any atom is 0.253 e. The van der Waals surface area contributed by atoms with E-state index in [0.29, 0.717) is 32.9 Å². The van der Waals surface area contributed by atoms with Gasteiger partial charge in [0.25, 0.3) is 11.8 Å². The number of hydrogen-bond acceptors (Lipinski definition) is 8. The highest BCUT2D eigenvalue weighted by molar-refractivity contribution is 6.32. The molecule has 0 radical (unpaired) electrons. The number of hydrogen-bond donors (Lipinski definition) is 0. The minimum absolute atomic E-state index is 0.338. The largest absolute Gasteiger partial charge is 0.468 e. The number of anilines is 2. The van der Waals surface area contributed by atoms with Crippen molar-refractivity contribution in [1.29, 1.82) is 0 Å². The van der Waals surface area contributed by atoms with E-state index >= 15 is 0 Å². The molecule has 2 aromatic heterocycles. The average Bonchev–Trinajstić information content (AvgIpc) is 3.79. The van der Waals surface area contributed by atoms with Crippen molar-refractivity contribution in [3.8, 4) is 0 Å². The van der Waals surface area contributed by atoms with Gasteiger partial charge in [0.1, 0.15) is 23.6 Å². The summed E-state index contributed by atoms with van der Waals surface area (Å²) in [6.45, 7) is 0. The molecule has 0 saturated carbocycles. The van der Waals surface area contributed by atoms with Gasteiger partial charge in [-0.3, -0.25) is 19.2 Å². The van der Waals surface area contributed by atoms with Crippen molar-refractivity contribution in [1.82, 2.24) is 10.0 Å². The normalized spacial score (nSPS) is 29.1. The molecule has 2 aromatic carbocycles. The second-order valence-corrected chi connectivity index (χ2v) is 11.5. The second-order valence-electron chi connectivity index (χ2n) is 10.6.